The molecule has 1 aliphatic rings. The van der Waals surface area contributed by atoms with Gasteiger partial charge in [-0.05, 0) is 25.9 Å². The molecule has 0 unspecified atom stereocenters. The minimum atomic E-state index is -0.111. The zero-order valence-corrected chi connectivity index (χ0v) is 7.57. The zero-order valence-electron chi connectivity index (χ0n) is 7.57. The summed E-state index contributed by atoms with van der Waals surface area (Å²) in [6.45, 7) is 3.01. The Balaban J connectivity index is 1.92. The van der Waals surface area contributed by atoms with Crippen molar-refractivity contribution in [1.29, 1.82) is 0 Å². The Bertz CT molecular complexity index is 266. The lowest BCUT2D eigenvalue weighted by Gasteiger charge is -2.11. The van der Waals surface area contributed by atoms with E-state index in [0.717, 1.165) is 25.4 Å². The summed E-state index contributed by atoms with van der Waals surface area (Å²) in [6, 6.07) is 0. The molecule has 0 spiro atoms. The van der Waals surface area contributed by atoms with Gasteiger partial charge >= 0.3 is 0 Å². The van der Waals surface area contributed by atoms with Crippen molar-refractivity contribution >= 4 is 0 Å². The van der Waals surface area contributed by atoms with Crippen LogP contribution >= 0.6 is 0 Å². The second-order valence-corrected chi connectivity index (χ2v) is 3.36. The Hall–Kier alpha value is -0.870. The van der Waals surface area contributed by atoms with Crippen LogP contribution in [0.2, 0.25) is 0 Å². The lowest BCUT2D eigenvalue weighted by molar-refractivity contribution is 0.227. The number of likely N-dealkylation sites (tertiary alicyclic amines) is 1. The van der Waals surface area contributed by atoms with Crippen molar-refractivity contribution in [3.05, 3.63) is 17.8 Å². The molecule has 2 heterocycles. The minimum absolute atomic E-state index is 0.111. The van der Waals surface area contributed by atoms with E-state index in [1.165, 1.54) is 12.8 Å². The first-order chi connectivity index (χ1) is 6.38. The fourth-order valence-corrected chi connectivity index (χ4v) is 1.66. The third-order valence-corrected chi connectivity index (χ3v) is 2.31. The van der Waals surface area contributed by atoms with Crippen LogP contribution in [0.15, 0.2) is 10.6 Å². The van der Waals surface area contributed by atoms with E-state index in [9.17, 15) is 0 Å². The Morgan fingerprint density at radius 2 is 2.23 bits per heavy atom. The van der Waals surface area contributed by atoms with Crippen LogP contribution in [0.5, 0.6) is 0 Å². The molecule has 13 heavy (non-hydrogen) atoms. The van der Waals surface area contributed by atoms with Crippen molar-refractivity contribution in [3.63, 3.8) is 0 Å². The number of aromatic nitrogens is 1. The van der Waals surface area contributed by atoms with Gasteiger partial charge in [0.1, 0.15) is 12.4 Å². The van der Waals surface area contributed by atoms with Crippen LogP contribution in [-0.4, -0.2) is 28.1 Å². The quantitative estimate of drug-likeness (QED) is 0.749. The number of aliphatic hydroxyl groups is 1. The zero-order chi connectivity index (χ0) is 9.10. The first-order valence-electron chi connectivity index (χ1n) is 4.65. The first-order valence-corrected chi connectivity index (χ1v) is 4.65. The summed E-state index contributed by atoms with van der Waals surface area (Å²) in [7, 11) is 0. The smallest absolute Gasteiger partial charge is 0.220 e. The van der Waals surface area contributed by atoms with Gasteiger partial charge in [0.2, 0.25) is 5.89 Å². The Kier molecular flexibility index (Phi) is 2.61. The average Bonchev–Trinajstić information content (AvgIpc) is 2.76. The fourth-order valence-electron chi connectivity index (χ4n) is 1.66. The molecule has 0 atom stereocenters. The molecule has 0 aliphatic carbocycles. The van der Waals surface area contributed by atoms with E-state index < -0.39 is 0 Å². The highest BCUT2D eigenvalue weighted by atomic mass is 16.4. The highest BCUT2D eigenvalue weighted by Crippen LogP contribution is 2.13. The van der Waals surface area contributed by atoms with Gasteiger partial charge in [-0.1, -0.05) is 0 Å². The van der Waals surface area contributed by atoms with E-state index in [4.69, 9.17) is 9.52 Å². The van der Waals surface area contributed by atoms with Crippen LogP contribution in [0, 0.1) is 0 Å². The summed E-state index contributed by atoms with van der Waals surface area (Å²) in [5.41, 5.74) is 0. The number of aliphatic hydroxyl groups excluding tert-OH is 1. The maximum atomic E-state index is 8.74. The summed E-state index contributed by atoms with van der Waals surface area (Å²) in [5.74, 6) is 1.26. The van der Waals surface area contributed by atoms with Crippen molar-refractivity contribution in [1.82, 2.24) is 9.88 Å². The van der Waals surface area contributed by atoms with E-state index in [-0.39, 0.29) is 6.61 Å². The van der Waals surface area contributed by atoms with Crippen LogP contribution in [0.25, 0.3) is 0 Å². The Morgan fingerprint density at radius 1 is 1.46 bits per heavy atom. The lowest BCUT2D eigenvalue weighted by Crippen LogP contribution is -2.17. The molecule has 1 aromatic heterocycles. The molecule has 0 radical (unpaired) electrons. The van der Waals surface area contributed by atoms with Gasteiger partial charge in [-0.15, -0.1) is 0 Å². The highest BCUT2D eigenvalue weighted by Gasteiger charge is 2.13. The molecule has 2 rings (SSSR count). The normalized spacial score (nSPS) is 18.2. The molecule has 72 valence electrons. The molecule has 0 bridgehead atoms. The predicted molar refractivity (Wildman–Crippen MR) is 46.9 cm³/mol. The molecular formula is C9H14N2O2. The number of nitrogens with zero attached hydrogens (tertiary/aromatic N) is 2. The van der Waals surface area contributed by atoms with Crippen molar-refractivity contribution < 1.29 is 9.52 Å². The van der Waals surface area contributed by atoms with E-state index in [1.807, 2.05) is 0 Å². The van der Waals surface area contributed by atoms with E-state index >= 15 is 0 Å². The lowest BCUT2D eigenvalue weighted by atomic mass is 10.4. The monoisotopic (exact) mass is 182 g/mol. The van der Waals surface area contributed by atoms with Crippen LogP contribution < -0.4 is 0 Å². The molecule has 1 aromatic rings. The van der Waals surface area contributed by atoms with Crippen LogP contribution in [0.1, 0.15) is 24.5 Å². The van der Waals surface area contributed by atoms with Gasteiger partial charge in [0.25, 0.3) is 0 Å². The molecule has 1 saturated heterocycles. The molecule has 4 heteroatoms. The van der Waals surface area contributed by atoms with E-state index in [1.54, 1.807) is 6.20 Å². The summed E-state index contributed by atoms with van der Waals surface area (Å²) >= 11 is 0. The van der Waals surface area contributed by atoms with E-state index in [2.05, 4.69) is 9.88 Å². The van der Waals surface area contributed by atoms with Gasteiger partial charge in [-0.2, -0.15) is 0 Å². The maximum absolute atomic E-state index is 8.74. The minimum Gasteiger partial charge on any atom is -0.442 e. The third-order valence-electron chi connectivity index (χ3n) is 2.31. The molecule has 4 nitrogen and oxygen atoms in total. The number of rotatable bonds is 3. The fraction of sp³-hybridized carbons (Fsp3) is 0.667. The van der Waals surface area contributed by atoms with Crippen LogP contribution in [0.4, 0.5) is 0 Å². The standard InChI is InChI=1S/C9H14N2O2/c12-7-9-10-5-8(13-9)6-11-3-1-2-4-11/h5,12H,1-4,6-7H2. The van der Waals surface area contributed by atoms with Gasteiger partial charge in [-0.25, -0.2) is 4.98 Å². The SMILES string of the molecule is OCc1ncc(CN2CCCC2)o1. The van der Waals surface area contributed by atoms with Crippen molar-refractivity contribution in [2.45, 2.75) is 26.0 Å². The molecule has 0 aromatic carbocycles. The first kappa shape index (κ1) is 8.72. The average molecular weight is 182 g/mol. The summed E-state index contributed by atoms with van der Waals surface area (Å²) < 4.78 is 5.29. The summed E-state index contributed by atoms with van der Waals surface area (Å²) in [5, 5.41) is 8.74. The third kappa shape index (κ3) is 2.08. The Labute approximate surface area is 77.2 Å². The largest absolute Gasteiger partial charge is 0.442 e. The number of hydrogen-bond donors (Lipinski definition) is 1. The van der Waals surface area contributed by atoms with Crippen molar-refractivity contribution in [2.24, 2.45) is 0 Å². The van der Waals surface area contributed by atoms with Crippen LogP contribution in [-0.2, 0) is 13.2 Å². The molecule has 1 N–H and O–H groups in total. The molecule has 0 saturated carbocycles. The second kappa shape index (κ2) is 3.89. The summed E-state index contributed by atoms with van der Waals surface area (Å²) in [6.07, 6.45) is 4.26. The van der Waals surface area contributed by atoms with Crippen LogP contribution in [0.3, 0.4) is 0 Å². The molecule has 1 fully saturated rings. The van der Waals surface area contributed by atoms with Crippen molar-refractivity contribution in [2.75, 3.05) is 13.1 Å². The summed E-state index contributed by atoms with van der Waals surface area (Å²) in [4.78, 5) is 6.27. The van der Waals surface area contributed by atoms with Crippen molar-refractivity contribution in [3.8, 4) is 0 Å². The van der Waals surface area contributed by atoms with Gasteiger partial charge in [-0.3, -0.25) is 4.90 Å². The van der Waals surface area contributed by atoms with Gasteiger partial charge in [0, 0.05) is 0 Å². The Morgan fingerprint density at radius 3 is 2.85 bits per heavy atom. The van der Waals surface area contributed by atoms with Gasteiger partial charge in [0.15, 0.2) is 0 Å². The number of oxazole rings is 1. The molecule has 0 amide bonds. The molecular weight excluding hydrogens is 168 g/mol. The topological polar surface area (TPSA) is 49.5 Å². The molecule has 1 aliphatic heterocycles. The second-order valence-electron chi connectivity index (χ2n) is 3.36. The predicted octanol–water partition coefficient (Wildman–Crippen LogP) is 0.763. The van der Waals surface area contributed by atoms with Gasteiger partial charge < -0.3 is 9.52 Å². The number of hydrogen-bond acceptors (Lipinski definition) is 4. The maximum Gasteiger partial charge on any atom is 0.220 e. The van der Waals surface area contributed by atoms with E-state index in [0.29, 0.717) is 5.89 Å². The van der Waals surface area contributed by atoms with Gasteiger partial charge in [0.05, 0.1) is 12.7 Å². The highest BCUT2D eigenvalue weighted by molar-refractivity contribution is 4.93.